The Bertz CT molecular complexity index is 636. The number of carbonyl (C=O) groups excluding carboxylic acids is 1. The highest BCUT2D eigenvalue weighted by Gasteiger charge is 2.04. The van der Waals surface area contributed by atoms with Gasteiger partial charge in [0.05, 0.1) is 12.6 Å². The van der Waals surface area contributed by atoms with E-state index in [1.807, 2.05) is 50.2 Å². The van der Waals surface area contributed by atoms with Crippen LogP contribution in [0.3, 0.4) is 0 Å². The molecule has 1 amide bonds. The lowest BCUT2D eigenvalue weighted by Gasteiger charge is -2.11. The number of carbonyl (C=O) groups is 1. The molecule has 2 N–H and O–H groups in total. The van der Waals surface area contributed by atoms with Crippen molar-refractivity contribution in [3.63, 3.8) is 0 Å². The summed E-state index contributed by atoms with van der Waals surface area (Å²) in [5, 5.41) is 6.03. The second-order valence-electron chi connectivity index (χ2n) is 5.77. The lowest BCUT2D eigenvalue weighted by atomic mass is 10.1. The van der Waals surface area contributed by atoms with Crippen molar-refractivity contribution in [1.29, 1.82) is 0 Å². The number of nitrogens with one attached hydrogen (secondary N) is 2. The molecule has 4 heteroatoms. The molecule has 0 heterocycles. The molecule has 122 valence electrons. The second-order valence-corrected chi connectivity index (χ2v) is 5.77. The Morgan fingerprint density at radius 2 is 1.78 bits per heavy atom. The predicted molar refractivity (Wildman–Crippen MR) is 93.7 cm³/mol. The third-order valence-corrected chi connectivity index (χ3v) is 3.37. The fourth-order valence-electron chi connectivity index (χ4n) is 2.21. The molecule has 0 radical (unpaired) electrons. The highest BCUT2D eigenvalue weighted by molar-refractivity contribution is 5.92. The molecular formula is C19H24N2O2. The summed E-state index contributed by atoms with van der Waals surface area (Å²) in [6.07, 6.45) is 0.140. The van der Waals surface area contributed by atoms with Crippen molar-refractivity contribution in [3.05, 3.63) is 59.7 Å². The summed E-state index contributed by atoms with van der Waals surface area (Å²) in [6, 6.07) is 15.6. The van der Waals surface area contributed by atoms with Crippen LogP contribution in [0.5, 0.6) is 5.75 Å². The molecule has 0 atom stereocenters. The van der Waals surface area contributed by atoms with E-state index in [0.717, 1.165) is 11.4 Å². The van der Waals surface area contributed by atoms with Crippen LogP contribution in [0.15, 0.2) is 48.5 Å². The molecule has 0 saturated heterocycles. The second kappa shape index (κ2) is 8.34. The van der Waals surface area contributed by atoms with E-state index in [1.165, 1.54) is 11.1 Å². The average molecular weight is 312 g/mol. The Morgan fingerprint density at radius 3 is 2.43 bits per heavy atom. The Kier molecular flexibility index (Phi) is 6.18. The smallest absolute Gasteiger partial charge is 0.238 e. The van der Waals surface area contributed by atoms with E-state index in [-0.39, 0.29) is 18.6 Å². The highest BCUT2D eigenvalue weighted by Crippen LogP contribution is 2.16. The zero-order valence-electron chi connectivity index (χ0n) is 13.9. The first-order valence-electron chi connectivity index (χ1n) is 7.86. The standard InChI is InChI=1S/C19H24N2O2/c1-14(2)23-18-10-8-17(9-11-18)21-19(22)13-20-12-16-7-5-4-6-15(16)3/h4-11,14,20H,12-13H2,1-3H3,(H,21,22). The number of hydrogen-bond acceptors (Lipinski definition) is 3. The van der Waals surface area contributed by atoms with E-state index in [4.69, 9.17) is 4.74 Å². The van der Waals surface area contributed by atoms with Gasteiger partial charge >= 0.3 is 0 Å². The first-order chi connectivity index (χ1) is 11.0. The molecule has 0 fully saturated rings. The average Bonchev–Trinajstić information content (AvgIpc) is 2.51. The van der Waals surface area contributed by atoms with Crippen molar-refractivity contribution >= 4 is 11.6 Å². The summed E-state index contributed by atoms with van der Waals surface area (Å²) in [5.41, 5.74) is 3.19. The van der Waals surface area contributed by atoms with E-state index in [1.54, 1.807) is 0 Å². The highest BCUT2D eigenvalue weighted by atomic mass is 16.5. The van der Waals surface area contributed by atoms with Crippen LogP contribution in [0.2, 0.25) is 0 Å². The summed E-state index contributed by atoms with van der Waals surface area (Å²) >= 11 is 0. The number of ether oxygens (including phenoxy) is 1. The fourth-order valence-corrected chi connectivity index (χ4v) is 2.21. The molecule has 0 aliphatic carbocycles. The minimum atomic E-state index is -0.0592. The van der Waals surface area contributed by atoms with Gasteiger partial charge in [-0.2, -0.15) is 0 Å². The predicted octanol–water partition coefficient (Wildman–Crippen LogP) is 3.51. The summed E-state index contributed by atoms with van der Waals surface area (Å²) < 4.78 is 5.57. The maximum atomic E-state index is 11.9. The fraction of sp³-hybridized carbons (Fsp3) is 0.316. The molecule has 0 bridgehead atoms. The van der Waals surface area contributed by atoms with Gasteiger partial charge in [-0.05, 0) is 56.2 Å². The SMILES string of the molecule is Cc1ccccc1CNCC(=O)Nc1ccc(OC(C)C)cc1. The molecule has 2 aromatic rings. The number of amides is 1. The third kappa shape index (κ3) is 5.75. The van der Waals surface area contributed by atoms with Gasteiger partial charge in [0.25, 0.3) is 0 Å². The molecule has 2 rings (SSSR count). The third-order valence-electron chi connectivity index (χ3n) is 3.37. The maximum absolute atomic E-state index is 11.9. The molecule has 0 aliphatic heterocycles. The van der Waals surface area contributed by atoms with Gasteiger partial charge in [0.15, 0.2) is 0 Å². The molecule has 0 aromatic heterocycles. The largest absolute Gasteiger partial charge is 0.491 e. The number of aryl methyl sites for hydroxylation is 1. The molecule has 4 nitrogen and oxygen atoms in total. The van der Waals surface area contributed by atoms with E-state index >= 15 is 0 Å². The van der Waals surface area contributed by atoms with Gasteiger partial charge in [0, 0.05) is 12.2 Å². The van der Waals surface area contributed by atoms with Gasteiger partial charge in [0.2, 0.25) is 5.91 Å². The monoisotopic (exact) mass is 312 g/mol. The van der Waals surface area contributed by atoms with Gasteiger partial charge in [-0.1, -0.05) is 24.3 Å². The van der Waals surface area contributed by atoms with Crippen LogP contribution in [-0.4, -0.2) is 18.6 Å². The van der Waals surface area contributed by atoms with E-state index < -0.39 is 0 Å². The molecule has 0 spiro atoms. The van der Waals surface area contributed by atoms with Crippen molar-refractivity contribution < 1.29 is 9.53 Å². The maximum Gasteiger partial charge on any atom is 0.238 e. The summed E-state index contributed by atoms with van der Waals surface area (Å²) in [7, 11) is 0. The lowest BCUT2D eigenvalue weighted by molar-refractivity contribution is -0.115. The normalized spacial score (nSPS) is 10.6. The number of benzene rings is 2. The van der Waals surface area contributed by atoms with Gasteiger partial charge in [-0.3, -0.25) is 4.79 Å². The van der Waals surface area contributed by atoms with Crippen molar-refractivity contribution in [2.24, 2.45) is 0 Å². The topological polar surface area (TPSA) is 50.4 Å². The minimum absolute atomic E-state index is 0.0592. The Morgan fingerprint density at radius 1 is 1.09 bits per heavy atom. The molecule has 0 aliphatic rings. The van der Waals surface area contributed by atoms with Crippen LogP contribution in [0.25, 0.3) is 0 Å². The van der Waals surface area contributed by atoms with E-state index in [0.29, 0.717) is 6.54 Å². The molecule has 2 aromatic carbocycles. The van der Waals surface area contributed by atoms with Gasteiger partial charge in [0.1, 0.15) is 5.75 Å². The first-order valence-corrected chi connectivity index (χ1v) is 7.86. The molecule has 0 unspecified atom stereocenters. The minimum Gasteiger partial charge on any atom is -0.491 e. The van der Waals surface area contributed by atoms with Crippen molar-refractivity contribution in [1.82, 2.24) is 5.32 Å². The van der Waals surface area contributed by atoms with Gasteiger partial charge < -0.3 is 15.4 Å². The lowest BCUT2D eigenvalue weighted by Crippen LogP contribution is -2.27. The molecule has 23 heavy (non-hydrogen) atoms. The van der Waals surface area contributed by atoms with Gasteiger partial charge in [-0.15, -0.1) is 0 Å². The van der Waals surface area contributed by atoms with Crippen molar-refractivity contribution in [2.75, 3.05) is 11.9 Å². The van der Waals surface area contributed by atoms with Crippen LogP contribution in [0.1, 0.15) is 25.0 Å². The van der Waals surface area contributed by atoms with E-state index in [2.05, 4.69) is 29.7 Å². The van der Waals surface area contributed by atoms with Gasteiger partial charge in [-0.25, -0.2) is 0 Å². The number of rotatable bonds is 7. The molecular weight excluding hydrogens is 288 g/mol. The zero-order chi connectivity index (χ0) is 16.7. The van der Waals surface area contributed by atoms with Crippen molar-refractivity contribution in [3.8, 4) is 5.75 Å². The molecule has 0 saturated carbocycles. The van der Waals surface area contributed by atoms with Crippen LogP contribution < -0.4 is 15.4 Å². The summed E-state index contributed by atoms with van der Waals surface area (Å²) in [5.74, 6) is 0.742. The van der Waals surface area contributed by atoms with Crippen LogP contribution in [0.4, 0.5) is 5.69 Å². The van der Waals surface area contributed by atoms with Crippen LogP contribution in [0, 0.1) is 6.92 Å². The van der Waals surface area contributed by atoms with Crippen LogP contribution >= 0.6 is 0 Å². The summed E-state index contributed by atoms with van der Waals surface area (Å²) in [6.45, 7) is 6.99. The quantitative estimate of drug-likeness (QED) is 0.822. The van der Waals surface area contributed by atoms with Crippen LogP contribution in [-0.2, 0) is 11.3 Å². The first kappa shape index (κ1) is 17.0. The van der Waals surface area contributed by atoms with E-state index in [9.17, 15) is 4.79 Å². The van der Waals surface area contributed by atoms with Crippen molar-refractivity contribution in [2.45, 2.75) is 33.4 Å². The Labute approximate surface area is 137 Å². The Balaban J connectivity index is 1.77. The summed E-state index contributed by atoms with van der Waals surface area (Å²) in [4.78, 5) is 11.9. The number of hydrogen-bond donors (Lipinski definition) is 2. The zero-order valence-corrected chi connectivity index (χ0v) is 13.9. The Hall–Kier alpha value is -2.33. The number of anilines is 1.